The summed E-state index contributed by atoms with van der Waals surface area (Å²) in [5.41, 5.74) is 7.10. The molecule has 5 aromatic rings. The highest BCUT2D eigenvalue weighted by Gasteiger charge is 2.61. The minimum atomic E-state index is 0.350. The van der Waals surface area contributed by atoms with Crippen molar-refractivity contribution in [3.8, 4) is 11.3 Å². The van der Waals surface area contributed by atoms with Crippen LogP contribution in [0.15, 0.2) is 79.0 Å². The molecule has 2 bridgehead atoms. The molecule has 3 aromatic carbocycles. The van der Waals surface area contributed by atoms with Gasteiger partial charge in [0.15, 0.2) is 0 Å². The van der Waals surface area contributed by atoms with E-state index in [9.17, 15) is 0 Å². The van der Waals surface area contributed by atoms with Crippen LogP contribution in [0.1, 0.15) is 51.5 Å². The third-order valence-corrected chi connectivity index (χ3v) is 9.77. The molecule has 0 saturated heterocycles. The van der Waals surface area contributed by atoms with Crippen molar-refractivity contribution in [1.82, 2.24) is 9.38 Å². The molecule has 3 atom stereocenters. The van der Waals surface area contributed by atoms with E-state index < -0.39 is 0 Å². The standard InChI is InChI=1S/C31H30N2/c1-30(2)20-16-17-31(30,3)26(18-20)22-11-5-6-13-24(22)28-19-32-29-25-14-7-4-10-21(25)23-12-8-9-15-27(23)33(28)29/h4-15,19-20,26H,16-18H2,1-3H3. The molecule has 0 radical (unpaired) electrons. The molecule has 2 saturated carbocycles. The van der Waals surface area contributed by atoms with Crippen molar-refractivity contribution in [2.24, 2.45) is 16.7 Å². The predicted molar refractivity (Wildman–Crippen MR) is 138 cm³/mol. The van der Waals surface area contributed by atoms with Crippen molar-refractivity contribution >= 4 is 27.3 Å². The van der Waals surface area contributed by atoms with Gasteiger partial charge in [-0.3, -0.25) is 4.40 Å². The zero-order valence-electron chi connectivity index (χ0n) is 19.7. The van der Waals surface area contributed by atoms with Gasteiger partial charge in [-0.1, -0.05) is 87.5 Å². The van der Waals surface area contributed by atoms with Crippen molar-refractivity contribution < 1.29 is 0 Å². The number of hydrogen-bond acceptors (Lipinski definition) is 1. The number of nitrogens with zero attached hydrogens (tertiary/aromatic N) is 2. The number of pyridine rings is 1. The summed E-state index contributed by atoms with van der Waals surface area (Å²) in [5, 5.41) is 3.77. The fourth-order valence-corrected chi connectivity index (χ4v) is 7.49. The molecule has 2 aliphatic rings. The van der Waals surface area contributed by atoms with Crippen molar-refractivity contribution in [2.45, 2.75) is 46.0 Å². The second kappa shape index (κ2) is 6.47. The van der Waals surface area contributed by atoms with E-state index in [2.05, 4.69) is 104 Å². The first-order valence-corrected chi connectivity index (χ1v) is 12.4. The molecule has 7 rings (SSSR count). The second-order valence-corrected chi connectivity index (χ2v) is 11.1. The number of hydrogen-bond donors (Lipinski definition) is 0. The lowest BCUT2D eigenvalue weighted by molar-refractivity contribution is 0.135. The van der Waals surface area contributed by atoms with E-state index in [-0.39, 0.29) is 0 Å². The van der Waals surface area contributed by atoms with Crippen LogP contribution in [-0.2, 0) is 0 Å². The molecule has 2 heterocycles. The number of aromatic nitrogens is 2. The Morgan fingerprint density at radius 3 is 2.27 bits per heavy atom. The van der Waals surface area contributed by atoms with Crippen LogP contribution < -0.4 is 0 Å². The predicted octanol–water partition coefficient (Wildman–Crippen LogP) is 8.24. The van der Waals surface area contributed by atoms with Crippen LogP contribution in [0.3, 0.4) is 0 Å². The molecule has 2 aliphatic carbocycles. The van der Waals surface area contributed by atoms with Crippen LogP contribution in [0, 0.1) is 16.7 Å². The quantitative estimate of drug-likeness (QED) is 0.258. The maximum Gasteiger partial charge on any atom is 0.145 e. The Morgan fingerprint density at radius 2 is 1.52 bits per heavy atom. The van der Waals surface area contributed by atoms with E-state index in [0.29, 0.717) is 16.7 Å². The van der Waals surface area contributed by atoms with Gasteiger partial charge >= 0.3 is 0 Å². The maximum absolute atomic E-state index is 5.00. The Balaban J connectivity index is 1.53. The molecule has 3 unspecified atom stereocenters. The molecule has 0 N–H and O–H groups in total. The van der Waals surface area contributed by atoms with Gasteiger partial charge in [-0.05, 0) is 58.9 Å². The maximum atomic E-state index is 5.00. The van der Waals surface area contributed by atoms with Gasteiger partial charge < -0.3 is 0 Å². The summed E-state index contributed by atoms with van der Waals surface area (Å²) < 4.78 is 2.40. The fourth-order valence-electron chi connectivity index (χ4n) is 7.49. The first kappa shape index (κ1) is 19.3. The molecule has 2 nitrogen and oxygen atoms in total. The summed E-state index contributed by atoms with van der Waals surface area (Å²) in [5.74, 6) is 1.42. The summed E-state index contributed by atoms with van der Waals surface area (Å²) in [6.45, 7) is 7.58. The van der Waals surface area contributed by atoms with Gasteiger partial charge in [0.25, 0.3) is 0 Å². The number of benzene rings is 3. The zero-order valence-corrected chi connectivity index (χ0v) is 19.7. The van der Waals surface area contributed by atoms with Crippen LogP contribution in [0.25, 0.3) is 38.6 Å². The molecular weight excluding hydrogens is 400 g/mol. The second-order valence-electron chi connectivity index (χ2n) is 11.1. The number of imidazole rings is 1. The first-order chi connectivity index (χ1) is 16.0. The van der Waals surface area contributed by atoms with E-state index in [1.54, 1.807) is 0 Å². The van der Waals surface area contributed by atoms with Crippen LogP contribution in [0.2, 0.25) is 0 Å². The zero-order chi connectivity index (χ0) is 22.4. The Morgan fingerprint density at radius 1 is 0.818 bits per heavy atom. The molecule has 0 aliphatic heterocycles. The van der Waals surface area contributed by atoms with Crippen LogP contribution in [0.5, 0.6) is 0 Å². The highest BCUT2D eigenvalue weighted by molar-refractivity contribution is 6.12. The summed E-state index contributed by atoms with van der Waals surface area (Å²) in [6.07, 6.45) is 6.13. The molecule has 2 aromatic heterocycles. The molecule has 0 spiro atoms. The van der Waals surface area contributed by atoms with Gasteiger partial charge in [-0.15, -0.1) is 0 Å². The lowest BCUT2D eigenvalue weighted by Gasteiger charge is -2.40. The number of para-hydroxylation sites is 1. The van der Waals surface area contributed by atoms with Crippen molar-refractivity contribution in [3.05, 3.63) is 84.6 Å². The Hall–Kier alpha value is -3.13. The van der Waals surface area contributed by atoms with E-state index in [1.165, 1.54) is 57.8 Å². The lowest BCUT2D eigenvalue weighted by Crippen LogP contribution is -2.31. The highest BCUT2D eigenvalue weighted by atomic mass is 15.0. The minimum absolute atomic E-state index is 0.350. The minimum Gasteiger partial charge on any atom is -0.292 e. The van der Waals surface area contributed by atoms with Gasteiger partial charge in [0, 0.05) is 16.3 Å². The Bertz CT molecular complexity index is 1560. The van der Waals surface area contributed by atoms with E-state index in [4.69, 9.17) is 4.98 Å². The average molecular weight is 431 g/mol. The van der Waals surface area contributed by atoms with Crippen LogP contribution in [0.4, 0.5) is 0 Å². The monoisotopic (exact) mass is 430 g/mol. The fraction of sp³-hybridized carbons (Fsp3) is 0.323. The average Bonchev–Trinajstić information content (AvgIpc) is 3.44. The third-order valence-electron chi connectivity index (χ3n) is 9.77. The summed E-state index contributed by atoms with van der Waals surface area (Å²) in [7, 11) is 0. The smallest absolute Gasteiger partial charge is 0.145 e. The van der Waals surface area contributed by atoms with Gasteiger partial charge in [0.2, 0.25) is 0 Å². The Kier molecular flexibility index (Phi) is 3.79. The lowest BCUT2D eigenvalue weighted by atomic mass is 9.64. The van der Waals surface area contributed by atoms with E-state index in [0.717, 1.165) is 11.6 Å². The molecule has 33 heavy (non-hydrogen) atoms. The topological polar surface area (TPSA) is 17.3 Å². The Labute approximate surface area is 195 Å². The summed E-state index contributed by atoms with van der Waals surface area (Å²) in [4.78, 5) is 5.00. The number of rotatable bonds is 2. The van der Waals surface area contributed by atoms with E-state index >= 15 is 0 Å². The normalized spacial score (nSPS) is 26.0. The largest absolute Gasteiger partial charge is 0.292 e. The van der Waals surface area contributed by atoms with Gasteiger partial charge in [0.1, 0.15) is 5.65 Å². The molecule has 164 valence electrons. The third kappa shape index (κ3) is 2.37. The first-order valence-electron chi connectivity index (χ1n) is 12.4. The summed E-state index contributed by atoms with van der Waals surface area (Å²) in [6, 6.07) is 26.6. The number of fused-ring (bicyclic) bond motifs is 8. The van der Waals surface area contributed by atoms with Crippen molar-refractivity contribution in [1.29, 1.82) is 0 Å². The van der Waals surface area contributed by atoms with Crippen LogP contribution >= 0.6 is 0 Å². The van der Waals surface area contributed by atoms with Crippen molar-refractivity contribution in [2.75, 3.05) is 0 Å². The van der Waals surface area contributed by atoms with Crippen molar-refractivity contribution in [3.63, 3.8) is 0 Å². The summed E-state index contributed by atoms with van der Waals surface area (Å²) >= 11 is 0. The van der Waals surface area contributed by atoms with Crippen LogP contribution in [-0.4, -0.2) is 9.38 Å². The van der Waals surface area contributed by atoms with Gasteiger partial charge in [-0.2, -0.15) is 0 Å². The van der Waals surface area contributed by atoms with Gasteiger partial charge in [-0.25, -0.2) is 4.98 Å². The molecule has 2 fully saturated rings. The van der Waals surface area contributed by atoms with E-state index in [1.807, 2.05) is 0 Å². The highest BCUT2D eigenvalue weighted by Crippen LogP contribution is 2.71. The SMILES string of the molecule is CC1(C)C2CCC1(C)C(c1ccccc1-c1cnc3c4ccccc4c4ccccc4n13)C2. The van der Waals surface area contributed by atoms with Gasteiger partial charge in [0.05, 0.1) is 17.4 Å². The molecule has 0 amide bonds. The molecule has 2 heteroatoms. The molecular formula is C31H30N2.